The van der Waals surface area contributed by atoms with Crippen LogP contribution in [0.25, 0.3) is 0 Å². The number of rotatable bonds is 6. The van der Waals surface area contributed by atoms with E-state index in [0.717, 1.165) is 4.90 Å². The van der Waals surface area contributed by atoms with Gasteiger partial charge in [-0.25, -0.2) is 0 Å². The molecule has 0 saturated heterocycles. The molecule has 0 aliphatic carbocycles. The first kappa shape index (κ1) is 12.4. The van der Waals surface area contributed by atoms with Gasteiger partial charge in [0.2, 0.25) is 0 Å². The first-order chi connectivity index (χ1) is 7.24. The van der Waals surface area contributed by atoms with Crippen molar-refractivity contribution in [2.24, 2.45) is 0 Å². The Morgan fingerprint density at radius 2 is 2.13 bits per heavy atom. The van der Waals surface area contributed by atoms with Crippen LogP contribution in [0.3, 0.4) is 0 Å². The van der Waals surface area contributed by atoms with Crippen LogP contribution in [0.4, 0.5) is 0 Å². The van der Waals surface area contributed by atoms with Gasteiger partial charge in [-0.05, 0) is 19.2 Å². The van der Waals surface area contributed by atoms with Crippen LogP contribution >= 0.6 is 21.6 Å². The number of carboxylic acids is 1. The maximum atomic E-state index is 10.7. The SMILES string of the molecule is CNC(CSSc1ccccc1)C(=O)O. The van der Waals surface area contributed by atoms with Crippen LogP contribution in [0.2, 0.25) is 0 Å². The highest BCUT2D eigenvalue weighted by atomic mass is 33.1. The summed E-state index contributed by atoms with van der Waals surface area (Å²) >= 11 is 0. The lowest BCUT2D eigenvalue weighted by Gasteiger charge is -2.09. The predicted octanol–water partition coefficient (Wildman–Crippen LogP) is 2.10. The highest BCUT2D eigenvalue weighted by molar-refractivity contribution is 8.76. The Kier molecular flexibility index (Phi) is 5.60. The minimum absolute atomic E-state index is 0.480. The molecule has 5 heteroatoms. The quantitative estimate of drug-likeness (QED) is 0.749. The molecule has 1 unspecified atom stereocenters. The normalized spacial score (nSPS) is 12.3. The summed E-state index contributed by atoms with van der Waals surface area (Å²) in [7, 11) is 4.79. The van der Waals surface area contributed by atoms with E-state index < -0.39 is 12.0 Å². The largest absolute Gasteiger partial charge is 0.480 e. The van der Waals surface area contributed by atoms with Crippen LogP contribution in [0.5, 0.6) is 0 Å². The average Bonchev–Trinajstić information content (AvgIpc) is 2.25. The Bertz CT molecular complexity index is 306. The minimum Gasteiger partial charge on any atom is -0.480 e. The van der Waals surface area contributed by atoms with Crippen molar-refractivity contribution in [3.8, 4) is 0 Å². The summed E-state index contributed by atoms with van der Waals surface area (Å²) < 4.78 is 0. The second-order valence-corrected chi connectivity index (χ2v) is 5.27. The third-order valence-electron chi connectivity index (χ3n) is 1.78. The van der Waals surface area contributed by atoms with Gasteiger partial charge >= 0.3 is 5.97 Å². The molecule has 2 N–H and O–H groups in total. The van der Waals surface area contributed by atoms with Crippen LogP contribution in [-0.4, -0.2) is 29.9 Å². The van der Waals surface area contributed by atoms with Gasteiger partial charge in [0.15, 0.2) is 0 Å². The molecule has 0 heterocycles. The van der Waals surface area contributed by atoms with Crippen molar-refractivity contribution in [1.29, 1.82) is 0 Å². The molecule has 0 saturated carbocycles. The van der Waals surface area contributed by atoms with Crippen LogP contribution in [-0.2, 0) is 4.79 Å². The molecule has 0 aliphatic heterocycles. The first-order valence-corrected chi connectivity index (χ1v) is 6.80. The second kappa shape index (κ2) is 6.76. The van der Waals surface area contributed by atoms with Crippen molar-refractivity contribution < 1.29 is 9.90 Å². The maximum absolute atomic E-state index is 10.7. The predicted molar refractivity (Wildman–Crippen MR) is 65.2 cm³/mol. The summed E-state index contributed by atoms with van der Waals surface area (Å²) in [5.41, 5.74) is 0. The monoisotopic (exact) mass is 243 g/mol. The molecule has 0 aliphatic rings. The molecular weight excluding hydrogens is 230 g/mol. The van der Waals surface area contributed by atoms with E-state index in [-0.39, 0.29) is 0 Å². The van der Waals surface area contributed by atoms with Gasteiger partial charge in [-0.2, -0.15) is 0 Å². The molecule has 0 fully saturated rings. The fraction of sp³-hybridized carbons (Fsp3) is 0.300. The molecule has 0 aromatic heterocycles. The van der Waals surface area contributed by atoms with Gasteiger partial charge in [0, 0.05) is 10.6 Å². The topological polar surface area (TPSA) is 49.3 Å². The van der Waals surface area contributed by atoms with Crippen molar-refractivity contribution >= 4 is 27.6 Å². The van der Waals surface area contributed by atoms with E-state index in [1.165, 1.54) is 0 Å². The average molecular weight is 243 g/mol. The third-order valence-corrected chi connectivity index (χ3v) is 4.17. The lowest BCUT2D eigenvalue weighted by atomic mass is 10.3. The first-order valence-electron chi connectivity index (χ1n) is 4.48. The van der Waals surface area contributed by atoms with Crippen molar-refractivity contribution in [3.63, 3.8) is 0 Å². The molecule has 1 atom stereocenters. The zero-order valence-corrected chi connectivity index (χ0v) is 9.98. The van der Waals surface area contributed by atoms with E-state index in [4.69, 9.17) is 5.11 Å². The number of carboxylic acid groups (broad SMARTS) is 1. The Morgan fingerprint density at radius 1 is 1.47 bits per heavy atom. The molecule has 0 spiro atoms. The van der Waals surface area contributed by atoms with Gasteiger partial charge in [0.25, 0.3) is 0 Å². The van der Waals surface area contributed by atoms with Crippen molar-refractivity contribution in [2.45, 2.75) is 10.9 Å². The number of nitrogens with one attached hydrogen (secondary N) is 1. The highest BCUT2D eigenvalue weighted by Crippen LogP contribution is 2.30. The lowest BCUT2D eigenvalue weighted by Crippen LogP contribution is -2.35. The summed E-state index contributed by atoms with van der Waals surface area (Å²) in [5.74, 6) is -0.260. The molecule has 0 bridgehead atoms. The van der Waals surface area contributed by atoms with Gasteiger partial charge in [-0.1, -0.05) is 39.8 Å². The van der Waals surface area contributed by atoms with Gasteiger partial charge in [-0.3, -0.25) is 4.79 Å². The lowest BCUT2D eigenvalue weighted by molar-refractivity contribution is -0.138. The molecule has 3 nitrogen and oxygen atoms in total. The Hall–Kier alpha value is -0.650. The summed E-state index contributed by atoms with van der Waals surface area (Å²) in [4.78, 5) is 11.8. The van der Waals surface area contributed by atoms with Crippen LogP contribution in [0.1, 0.15) is 0 Å². The van der Waals surface area contributed by atoms with Crippen LogP contribution in [0, 0.1) is 0 Å². The molecule has 82 valence electrons. The standard InChI is InChI=1S/C10H13NO2S2/c1-11-9(10(12)13)7-14-15-8-5-3-2-4-6-8/h2-6,9,11H,7H2,1H3,(H,12,13). The fourth-order valence-electron chi connectivity index (χ4n) is 0.924. The minimum atomic E-state index is -0.807. The van der Waals surface area contributed by atoms with Gasteiger partial charge in [0.1, 0.15) is 6.04 Å². The molecule has 1 aromatic rings. The van der Waals surface area contributed by atoms with E-state index in [2.05, 4.69) is 5.32 Å². The summed E-state index contributed by atoms with van der Waals surface area (Å²) in [6, 6.07) is 9.43. The van der Waals surface area contributed by atoms with Crippen molar-refractivity contribution in [2.75, 3.05) is 12.8 Å². The number of hydrogen-bond donors (Lipinski definition) is 2. The third kappa shape index (κ3) is 4.59. The Morgan fingerprint density at radius 3 is 2.67 bits per heavy atom. The molecule has 1 rings (SSSR count). The Labute approximate surface area is 97.0 Å². The molecular formula is C10H13NO2S2. The second-order valence-electron chi connectivity index (χ2n) is 2.86. The molecule has 0 amide bonds. The van der Waals surface area contributed by atoms with Crippen LogP contribution < -0.4 is 5.32 Å². The fourth-order valence-corrected chi connectivity index (χ4v) is 3.20. The number of likely N-dealkylation sites (N-methyl/N-ethyl adjacent to an activating group) is 1. The van der Waals surface area contributed by atoms with E-state index >= 15 is 0 Å². The summed E-state index contributed by atoms with van der Waals surface area (Å²) in [5, 5.41) is 11.5. The maximum Gasteiger partial charge on any atom is 0.321 e. The van der Waals surface area contributed by atoms with E-state index in [9.17, 15) is 4.79 Å². The van der Waals surface area contributed by atoms with Gasteiger partial charge < -0.3 is 10.4 Å². The Balaban J connectivity index is 2.30. The van der Waals surface area contributed by atoms with E-state index in [1.54, 1.807) is 28.6 Å². The van der Waals surface area contributed by atoms with Crippen LogP contribution in [0.15, 0.2) is 35.2 Å². The molecule has 1 aromatic carbocycles. The zero-order valence-electron chi connectivity index (χ0n) is 8.34. The van der Waals surface area contributed by atoms with Gasteiger partial charge in [-0.15, -0.1) is 0 Å². The number of aliphatic carboxylic acids is 1. The number of hydrogen-bond acceptors (Lipinski definition) is 4. The number of benzene rings is 1. The smallest absolute Gasteiger partial charge is 0.321 e. The summed E-state index contributed by atoms with van der Waals surface area (Å²) in [6.07, 6.45) is 0. The summed E-state index contributed by atoms with van der Waals surface area (Å²) in [6.45, 7) is 0. The van der Waals surface area contributed by atoms with E-state index in [1.807, 2.05) is 30.3 Å². The van der Waals surface area contributed by atoms with Gasteiger partial charge in [0.05, 0.1) is 0 Å². The van der Waals surface area contributed by atoms with E-state index in [0.29, 0.717) is 5.75 Å². The highest BCUT2D eigenvalue weighted by Gasteiger charge is 2.14. The van der Waals surface area contributed by atoms with Crippen molar-refractivity contribution in [1.82, 2.24) is 5.32 Å². The zero-order chi connectivity index (χ0) is 11.1. The molecule has 0 radical (unpaired) electrons. The molecule has 15 heavy (non-hydrogen) atoms. The number of carbonyl (C=O) groups is 1. The van der Waals surface area contributed by atoms with Crippen molar-refractivity contribution in [3.05, 3.63) is 30.3 Å².